The molecular weight excluding hydrogens is 132 g/mol. The molecule has 0 spiro atoms. The monoisotopic (exact) mass is 140 g/mol. The van der Waals surface area contributed by atoms with Crippen molar-refractivity contribution in [2.24, 2.45) is 0 Å². The van der Waals surface area contributed by atoms with Gasteiger partial charge in [0.05, 0.1) is 0 Å². The van der Waals surface area contributed by atoms with Crippen LogP contribution in [0.4, 0.5) is 5.69 Å². The van der Waals surface area contributed by atoms with Crippen molar-refractivity contribution in [1.29, 1.82) is 0 Å². The fourth-order valence-corrected chi connectivity index (χ4v) is 0.710. The highest BCUT2D eigenvalue weighted by Crippen LogP contribution is 2.14. The van der Waals surface area contributed by atoms with Gasteiger partial charge < -0.3 is 15.4 Å². The van der Waals surface area contributed by atoms with E-state index in [2.05, 4.69) is 10.3 Å². The normalized spacial score (nSPS) is 9.30. The molecule has 10 heavy (non-hydrogen) atoms. The zero-order valence-electron chi connectivity index (χ0n) is 5.51. The SMILES string of the molecule is CNc1c(O)cc[nH]c1=O. The number of H-pyrrole nitrogens is 1. The van der Waals surface area contributed by atoms with E-state index < -0.39 is 0 Å². The van der Waals surface area contributed by atoms with E-state index in [0.717, 1.165) is 0 Å². The Bertz CT molecular complexity index is 279. The Morgan fingerprint density at radius 2 is 2.40 bits per heavy atom. The molecule has 4 heteroatoms. The molecule has 1 rings (SSSR count). The lowest BCUT2D eigenvalue weighted by Crippen LogP contribution is -2.10. The van der Waals surface area contributed by atoms with E-state index in [0.29, 0.717) is 0 Å². The number of aromatic nitrogens is 1. The van der Waals surface area contributed by atoms with Gasteiger partial charge in [0.2, 0.25) is 0 Å². The number of nitrogens with one attached hydrogen (secondary N) is 2. The standard InChI is InChI=1S/C6H8N2O2/c1-7-5-4(9)2-3-8-6(5)10/h2-3,7H,1H3,(H2,8,9,10). The number of hydrogen-bond acceptors (Lipinski definition) is 3. The predicted octanol–water partition coefficient (Wildman–Crippen LogP) is 0.122. The van der Waals surface area contributed by atoms with E-state index in [9.17, 15) is 4.79 Å². The first-order chi connectivity index (χ1) is 4.75. The zero-order valence-corrected chi connectivity index (χ0v) is 5.51. The number of anilines is 1. The van der Waals surface area contributed by atoms with E-state index in [-0.39, 0.29) is 17.0 Å². The fourth-order valence-electron chi connectivity index (χ4n) is 0.710. The van der Waals surface area contributed by atoms with Crippen molar-refractivity contribution in [3.8, 4) is 5.75 Å². The molecule has 0 saturated heterocycles. The Labute approximate surface area is 57.5 Å². The van der Waals surface area contributed by atoms with Gasteiger partial charge in [-0.05, 0) is 6.07 Å². The average Bonchev–Trinajstić information content (AvgIpc) is 1.88. The Balaban J connectivity index is 3.31. The summed E-state index contributed by atoms with van der Waals surface area (Å²) in [4.78, 5) is 13.2. The molecule has 0 aliphatic carbocycles. The molecule has 0 fully saturated rings. The molecule has 54 valence electrons. The van der Waals surface area contributed by atoms with E-state index in [1.807, 2.05) is 0 Å². The van der Waals surface area contributed by atoms with Crippen molar-refractivity contribution >= 4 is 5.69 Å². The molecule has 1 aromatic rings. The van der Waals surface area contributed by atoms with Crippen molar-refractivity contribution in [3.05, 3.63) is 22.6 Å². The minimum Gasteiger partial charge on any atom is -0.506 e. The minimum absolute atomic E-state index is 0.0359. The van der Waals surface area contributed by atoms with Gasteiger partial charge in [-0.15, -0.1) is 0 Å². The summed E-state index contributed by atoms with van der Waals surface area (Å²) in [6.45, 7) is 0. The summed E-state index contributed by atoms with van der Waals surface area (Å²) >= 11 is 0. The van der Waals surface area contributed by atoms with Gasteiger partial charge in [0.25, 0.3) is 5.56 Å². The van der Waals surface area contributed by atoms with Crippen LogP contribution < -0.4 is 10.9 Å². The lowest BCUT2D eigenvalue weighted by Gasteiger charge is -1.98. The van der Waals surface area contributed by atoms with Crippen LogP contribution in [0, 0.1) is 0 Å². The maximum Gasteiger partial charge on any atom is 0.275 e. The Kier molecular flexibility index (Phi) is 1.62. The van der Waals surface area contributed by atoms with Crippen molar-refractivity contribution in [2.45, 2.75) is 0 Å². The van der Waals surface area contributed by atoms with Crippen LogP contribution in [-0.4, -0.2) is 17.1 Å². The first-order valence-corrected chi connectivity index (χ1v) is 2.84. The molecule has 3 N–H and O–H groups in total. The van der Waals surface area contributed by atoms with Crippen molar-refractivity contribution in [3.63, 3.8) is 0 Å². The first-order valence-electron chi connectivity index (χ1n) is 2.84. The Hall–Kier alpha value is -1.45. The van der Waals surface area contributed by atoms with Crippen molar-refractivity contribution in [2.75, 3.05) is 12.4 Å². The minimum atomic E-state index is -0.317. The number of pyridine rings is 1. The van der Waals surface area contributed by atoms with E-state index in [4.69, 9.17) is 5.11 Å². The van der Waals surface area contributed by atoms with Crippen LogP contribution in [0.3, 0.4) is 0 Å². The third-order valence-corrected chi connectivity index (χ3v) is 1.19. The van der Waals surface area contributed by atoms with Crippen LogP contribution in [0.1, 0.15) is 0 Å². The van der Waals surface area contributed by atoms with E-state index in [1.165, 1.54) is 12.3 Å². The quantitative estimate of drug-likeness (QED) is 0.519. The molecule has 0 unspecified atom stereocenters. The number of rotatable bonds is 1. The third kappa shape index (κ3) is 0.953. The molecule has 0 saturated carbocycles. The van der Waals surface area contributed by atoms with Crippen LogP contribution >= 0.6 is 0 Å². The fraction of sp³-hybridized carbons (Fsp3) is 0.167. The second-order valence-corrected chi connectivity index (χ2v) is 1.82. The summed E-state index contributed by atoms with van der Waals surface area (Å²) in [5.74, 6) is -0.0359. The zero-order chi connectivity index (χ0) is 7.56. The summed E-state index contributed by atoms with van der Waals surface area (Å²) in [7, 11) is 1.57. The Morgan fingerprint density at radius 3 is 2.80 bits per heavy atom. The van der Waals surface area contributed by atoms with Gasteiger partial charge >= 0.3 is 0 Å². The molecule has 1 heterocycles. The number of aromatic hydroxyl groups is 1. The summed E-state index contributed by atoms with van der Waals surface area (Å²) in [5.41, 5.74) is -0.120. The molecule has 4 nitrogen and oxygen atoms in total. The Morgan fingerprint density at radius 1 is 1.70 bits per heavy atom. The van der Waals surface area contributed by atoms with Gasteiger partial charge in [-0.1, -0.05) is 0 Å². The van der Waals surface area contributed by atoms with E-state index >= 15 is 0 Å². The lowest BCUT2D eigenvalue weighted by atomic mass is 10.4. The summed E-state index contributed by atoms with van der Waals surface area (Å²) < 4.78 is 0. The van der Waals surface area contributed by atoms with Crippen LogP contribution in [0.25, 0.3) is 0 Å². The van der Waals surface area contributed by atoms with Crippen LogP contribution in [-0.2, 0) is 0 Å². The summed E-state index contributed by atoms with van der Waals surface area (Å²) in [5, 5.41) is 11.6. The maximum atomic E-state index is 10.8. The molecule has 1 aromatic heterocycles. The molecular formula is C6H8N2O2. The van der Waals surface area contributed by atoms with Gasteiger partial charge in [0.1, 0.15) is 11.4 Å². The lowest BCUT2D eigenvalue weighted by molar-refractivity contribution is 0.476. The van der Waals surface area contributed by atoms with Crippen molar-refractivity contribution < 1.29 is 5.11 Å². The highest BCUT2D eigenvalue weighted by molar-refractivity contribution is 5.52. The molecule has 0 aliphatic rings. The van der Waals surface area contributed by atoms with Gasteiger partial charge in [-0.25, -0.2) is 0 Å². The van der Waals surface area contributed by atoms with Gasteiger partial charge in [-0.2, -0.15) is 0 Å². The van der Waals surface area contributed by atoms with Crippen LogP contribution in [0.5, 0.6) is 5.75 Å². The summed E-state index contributed by atoms with van der Waals surface area (Å²) in [6, 6.07) is 1.41. The average molecular weight is 140 g/mol. The smallest absolute Gasteiger partial charge is 0.275 e. The first kappa shape index (κ1) is 6.67. The second-order valence-electron chi connectivity index (χ2n) is 1.82. The second kappa shape index (κ2) is 2.43. The third-order valence-electron chi connectivity index (χ3n) is 1.19. The predicted molar refractivity (Wildman–Crippen MR) is 38.3 cm³/mol. The highest BCUT2D eigenvalue weighted by Gasteiger charge is 2.00. The molecule has 0 atom stereocenters. The van der Waals surface area contributed by atoms with Gasteiger partial charge in [-0.3, -0.25) is 4.79 Å². The molecule has 0 amide bonds. The molecule has 0 aromatic carbocycles. The number of hydrogen-bond donors (Lipinski definition) is 3. The topological polar surface area (TPSA) is 65.1 Å². The van der Waals surface area contributed by atoms with Gasteiger partial charge in [0, 0.05) is 13.2 Å². The van der Waals surface area contributed by atoms with Crippen LogP contribution in [0.2, 0.25) is 0 Å². The molecule has 0 radical (unpaired) electrons. The highest BCUT2D eigenvalue weighted by atomic mass is 16.3. The summed E-state index contributed by atoms with van der Waals surface area (Å²) in [6.07, 6.45) is 1.39. The number of aromatic amines is 1. The maximum absolute atomic E-state index is 10.8. The van der Waals surface area contributed by atoms with Crippen LogP contribution in [0.15, 0.2) is 17.1 Å². The van der Waals surface area contributed by atoms with Gasteiger partial charge in [0.15, 0.2) is 0 Å². The van der Waals surface area contributed by atoms with Crippen molar-refractivity contribution in [1.82, 2.24) is 4.98 Å². The molecule has 0 bridgehead atoms. The largest absolute Gasteiger partial charge is 0.506 e. The van der Waals surface area contributed by atoms with E-state index in [1.54, 1.807) is 7.05 Å². The molecule has 0 aliphatic heterocycles.